The van der Waals surface area contributed by atoms with Gasteiger partial charge in [-0.15, -0.1) is 0 Å². The van der Waals surface area contributed by atoms with Gasteiger partial charge in [0.05, 0.1) is 20.2 Å². The van der Waals surface area contributed by atoms with Crippen molar-refractivity contribution in [1.29, 1.82) is 0 Å². The van der Waals surface area contributed by atoms with E-state index in [1.165, 1.54) is 36.8 Å². The molecule has 10 heteroatoms. The summed E-state index contributed by atoms with van der Waals surface area (Å²) in [6.45, 7) is 11.0. The summed E-state index contributed by atoms with van der Waals surface area (Å²) in [6.07, 6.45) is 13.5. The van der Waals surface area contributed by atoms with Crippen molar-refractivity contribution in [2.24, 2.45) is 0 Å². The second kappa shape index (κ2) is 17.5. The summed E-state index contributed by atoms with van der Waals surface area (Å²) in [6, 6.07) is 8.46. The van der Waals surface area contributed by atoms with E-state index in [0.717, 1.165) is 13.1 Å². The van der Waals surface area contributed by atoms with E-state index in [9.17, 15) is 25.9 Å². The summed E-state index contributed by atoms with van der Waals surface area (Å²) >= 11 is 0. The topological polar surface area (TPSA) is 122 Å². The molecule has 0 atom stereocenters. The van der Waals surface area contributed by atoms with Crippen molar-refractivity contribution in [3.63, 3.8) is 0 Å². The Labute approximate surface area is 206 Å². The van der Waals surface area contributed by atoms with E-state index in [2.05, 4.69) is 85.9 Å². The Morgan fingerprint density at radius 2 is 1.03 bits per heavy atom. The normalized spacial score (nSPS) is 11.1. The maximum absolute atomic E-state index is 9.97. The van der Waals surface area contributed by atoms with Crippen LogP contribution in [0, 0.1) is 13.8 Å². The van der Waals surface area contributed by atoms with E-state index < -0.39 is 31.7 Å². The lowest BCUT2D eigenvalue weighted by Crippen LogP contribution is -2.32. The van der Waals surface area contributed by atoms with Gasteiger partial charge in [0.15, 0.2) is 24.8 Å². The molecule has 2 aromatic rings. The molecule has 2 rings (SSSR count). The number of hydrogen-bond donors (Lipinski definition) is 0. The fourth-order valence-electron chi connectivity index (χ4n) is 2.82. The van der Waals surface area contributed by atoms with Gasteiger partial charge < -0.3 is 9.11 Å². The van der Waals surface area contributed by atoms with Crippen LogP contribution in [0.1, 0.15) is 63.5 Å². The molecule has 0 saturated heterocycles. The summed E-state index contributed by atoms with van der Waals surface area (Å²) in [5.41, 5.74) is 2.67. The summed E-state index contributed by atoms with van der Waals surface area (Å²) in [5, 5.41) is 0. The maximum Gasteiger partial charge on any atom is 0.171 e. The molecule has 0 amide bonds. The molecule has 0 N–H and O–H groups in total. The number of nitrogens with zero attached hydrogens (tertiary/aromatic N) is 2. The summed E-state index contributed by atoms with van der Waals surface area (Å²) in [5.74, 6) is -1.24. The fraction of sp³-hybridized carbons (Fsp3) is 0.583. The summed E-state index contributed by atoms with van der Waals surface area (Å²) in [4.78, 5) is 0. The number of aryl methyl sites for hydroxylation is 4. The van der Waals surface area contributed by atoms with Gasteiger partial charge in [-0.1, -0.05) is 26.7 Å². The van der Waals surface area contributed by atoms with Gasteiger partial charge in [0, 0.05) is 47.6 Å². The highest BCUT2D eigenvalue weighted by Gasteiger charge is 1.99. The van der Waals surface area contributed by atoms with Gasteiger partial charge in [0.25, 0.3) is 0 Å². The number of aromatic nitrogens is 2. The third kappa shape index (κ3) is 20.7. The van der Waals surface area contributed by atoms with Crippen LogP contribution in [0.25, 0.3) is 0 Å². The second-order valence-corrected chi connectivity index (χ2v) is 11.2. The number of hydrogen-bond acceptors (Lipinski definition) is 6. The lowest BCUT2D eigenvalue weighted by Gasteiger charge is -2.07. The number of pyridine rings is 2. The molecule has 0 radical (unpaired) electrons. The third-order valence-corrected chi connectivity index (χ3v) is 6.17. The van der Waals surface area contributed by atoms with Crippen molar-refractivity contribution in [3.05, 3.63) is 60.2 Å². The highest BCUT2D eigenvalue weighted by Crippen LogP contribution is 1.96. The van der Waals surface area contributed by atoms with Gasteiger partial charge in [0.1, 0.15) is 13.1 Å². The first-order valence-corrected chi connectivity index (χ1v) is 14.8. The molecule has 0 aliphatic carbocycles. The van der Waals surface area contributed by atoms with E-state index in [1.54, 1.807) is 0 Å². The molecule has 0 bridgehead atoms. The van der Waals surface area contributed by atoms with Crippen LogP contribution in [0.15, 0.2) is 49.1 Å². The molecular weight excluding hydrogens is 476 g/mol. The van der Waals surface area contributed by atoms with E-state index in [1.807, 2.05) is 0 Å². The average molecular weight is 517 g/mol. The molecule has 2 heterocycles. The predicted molar refractivity (Wildman–Crippen MR) is 131 cm³/mol. The van der Waals surface area contributed by atoms with Gasteiger partial charge in [-0.3, -0.25) is 0 Å². The molecule has 0 aliphatic heterocycles. The largest absolute Gasteiger partial charge is 0.748 e. The number of unbranched alkanes of at least 4 members (excludes halogenated alkanes) is 3. The summed E-state index contributed by atoms with van der Waals surface area (Å²) < 4.78 is 64.3. The van der Waals surface area contributed by atoms with Crippen LogP contribution < -0.4 is 9.13 Å². The van der Waals surface area contributed by atoms with Crippen LogP contribution >= 0.6 is 0 Å². The molecule has 0 saturated carbocycles. The predicted octanol–water partition coefficient (Wildman–Crippen LogP) is 3.02. The Morgan fingerprint density at radius 3 is 1.29 bits per heavy atom. The Kier molecular flexibility index (Phi) is 16.6. The van der Waals surface area contributed by atoms with Crippen LogP contribution in [0.5, 0.6) is 0 Å². The molecule has 0 spiro atoms. The minimum Gasteiger partial charge on any atom is -0.748 e. The van der Waals surface area contributed by atoms with Crippen molar-refractivity contribution in [1.82, 2.24) is 0 Å². The van der Waals surface area contributed by atoms with Gasteiger partial charge in [-0.2, -0.15) is 0 Å². The fourth-order valence-corrected chi connectivity index (χ4v) is 3.94. The van der Waals surface area contributed by atoms with Gasteiger partial charge in [0.2, 0.25) is 0 Å². The smallest absolute Gasteiger partial charge is 0.171 e. The van der Waals surface area contributed by atoms with Crippen molar-refractivity contribution >= 4 is 20.2 Å². The Bertz CT molecular complexity index is 942. The van der Waals surface area contributed by atoms with Gasteiger partial charge in [-0.05, 0) is 38.8 Å². The molecule has 0 aromatic carbocycles. The SMILES string of the molecule is CCCC[n+]1cccc(C)c1.CCCC[n+]1cccc(C)c1.O=S(=O)([O-])CCCCS(=O)(=O)[O-]. The molecule has 8 nitrogen and oxygen atoms in total. The van der Waals surface area contributed by atoms with Gasteiger partial charge in [-0.25, -0.2) is 26.0 Å². The molecular formula is C24H40N2O6S2. The van der Waals surface area contributed by atoms with Crippen LogP contribution in [0.2, 0.25) is 0 Å². The Hall–Kier alpha value is -1.88. The second-order valence-electron chi connectivity index (χ2n) is 8.18. The van der Waals surface area contributed by atoms with E-state index in [4.69, 9.17) is 0 Å². The quantitative estimate of drug-likeness (QED) is 0.257. The van der Waals surface area contributed by atoms with Crippen molar-refractivity contribution in [2.45, 2.75) is 79.3 Å². The van der Waals surface area contributed by atoms with Crippen LogP contribution in [-0.2, 0) is 33.3 Å². The molecule has 0 aliphatic rings. The lowest BCUT2D eigenvalue weighted by molar-refractivity contribution is -0.697. The van der Waals surface area contributed by atoms with Crippen LogP contribution in [-0.4, -0.2) is 37.4 Å². The molecule has 0 fully saturated rings. The molecule has 0 unspecified atom stereocenters. The zero-order chi connectivity index (χ0) is 26.0. The first-order valence-electron chi connectivity index (χ1n) is 11.6. The molecule has 2 aromatic heterocycles. The minimum atomic E-state index is -4.29. The average Bonchev–Trinajstić information content (AvgIpc) is 2.74. The van der Waals surface area contributed by atoms with Crippen LogP contribution in [0.3, 0.4) is 0 Å². The molecule has 34 heavy (non-hydrogen) atoms. The zero-order valence-corrected chi connectivity index (χ0v) is 22.5. The first-order chi connectivity index (χ1) is 15.9. The highest BCUT2D eigenvalue weighted by molar-refractivity contribution is 7.86. The Balaban J connectivity index is 0.000000481. The zero-order valence-electron chi connectivity index (χ0n) is 20.9. The summed E-state index contributed by atoms with van der Waals surface area (Å²) in [7, 11) is -8.58. The highest BCUT2D eigenvalue weighted by atomic mass is 32.2. The first kappa shape index (κ1) is 32.1. The van der Waals surface area contributed by atoms with Crippen molar-refractivity contribution in [2.75, 3.05) is 11.5 Å². The van der Waals surface area contributed by atoms with Crippen molar-refractivity contribution < 1.29 is 35.1 Å². The minimum absolute atomic E-state index is 0.0900. The standard InChI is InChI=1S/2C10H16N.C4H10O6S2/c2*1-3-4-7-11-8-5-6-10(2)9-11;5-11(6,7)3-1-2-4-12(8,9)10/h2*5-6,8-9H,3-4,7H2,1-2H3;1-4H2,(H,5,6,7)(H,8,9,10)/q2*+1;/p-2. The number of rotatable bonds is 11. The monoisotopic (exact) mass is 516 g/mol. The van der Waals surface area contributed by atoms with Crippen molar-refractivity contribution in [3.8, 4) is 0 Å². The van der Waals surface area contributed by atoms with E-state index in [0.29, 0.717) is 0 Å². The lowest BCUT2D eigenvalue weighted by atomic mass is 10.3. The van der Waals surface area contributed by atoms with Gasteiger partial charge >= 0.3 is 0 Å². The van der Waals surface area contributed by atoms with Crippen LogP contribution in [0.4, 0.5) is 0 Å². The maximum atomic E-state index is 9.97. The van der Waals surface area contributed by atoms with E-state index >= 15 is 0 Å². The third-order valence-electron chi connectivity index (χ3n) is 4.59. The Morgan fingerprint density at radius 1 is 0.676 bits per heavy atom. The van der Waals surface area contributed by atoms with E-state index in [-0.39, 0.29) is 12.8 Å². The molecule has 194 valence electrons.